The van der Waals surface area contributed by atoms with Crippen LogP contribution in [0.5, 0.6) is 11.5 Å². The number of hydrogen-bond donors (Lipinski definition) is 2. The summed E-state index contributed by atoms with van der Waals surface area (Å²) in [6, 6.07) is 11.1. The first kappa shape index (κ1) is 21.5. The molecule has 0 saturated heterocycles. The van der Waals surface area contributed by atoms with Crippen molar-refractivity contribution in [2.75, 3.05) is 20.3 Å². The minimum atomic E-state index is -3.62. The van der Waals surface area contributed by atoms with Crippen LogP contribution in [0.15, 0.2) is 60.0 Å². The van der Waals surface area contributed by atoms with Crippen molar-refractivity contribution in [1.82, 2.24) is 10.0 Å². The van der Waals surface area contributed by atoms with Crippen LogP contribution < -0.4 is 19.5 Å². The van der Waals surface area contributed by atoms with Gasteiger partial charge in [-0.1, -0.05) is 12.1 Å². The molecule has 0 spiro atoms. The normalized spacial score (nSPS) is 10.9. The van der Waals surface area contributed by atoms with Gasteiger partial charge in [0.25, 0.3) is 5.91 Å². The van der Waals surface area contributed by atoms with E-state index in [1.165, 1.54) is 30.3 Å². The van der Waals surface area contributed by atoms with Crippen molar-refractivity contribution in [2.45, 2.75) is 18.4 Å². The van der Waals surface area contributed by atoms with Gasteiger partial charge < -0.3 is 14.8 Å². The Balaban J connectivity index is 2.02. The van der Waals surface area contributed by atoms with Crippen molar-refractivity contribution in [3.8, 4) is 11.5 Å². The minimum Gasteiger partial charge on any atom is -0.493 e. The molecule has 0 aliphatic heterocycles. The third-order valence-corrected chi connectivity index (χ3v) is 5.26. The summed E-state index contributed by atoms with van der Waals surface area (Å²) in [5.74, 6) is 0.924. The second-order valence-electron chi connectivity index (χ2n) is 5.77. The lowest BCUT2D eigenvalue weighted by molar-refractivity contribution is 0.0950. The van der Waals surface area contributed by atoms with Crippen LogP contribution in [-0.4, -0.2) is 34.6 Å². The summed E-state index contributed by atoms with van der Waals surface area (Å²) in [4.78, 5) is 12.4. The van der Waals surface area contributed by atoms with E-state index in [4.69, 9.17) is 9.47 Å². The van der Waals surface area contributed by atoms with Gasteiger partial charge in [-0.25, -0.2) is 13.1 Å². The molecule has 0 heterocycles. The Labute approximate surface area is 165 Å². The summed E-state index contributed by atoms with van der Waals surface area (Å²) in [5, 5.41) is 2.80. The lowest BCUT2D eigenvalue weighted by Crippen LogP contribution is -2.24. The average molecular weight is 404 g/mol. The second kappa shape index (κ2) is 9.91. The largest absolute Gasteiger partial charge is 0.493 e. The number of sulfonamides is 1. The molecular formula is C20H24N2O5S. The number of nitrogens with one attached hydrogen (secondary N) is 2. The summed E-state index contributed by atoms with van der Waals surface area (Å²) in [6.45, 7) is 6.32. The molecule has 0 atom stereocenters. The maximum absolute atomic E-state index is 12.3. The summed E-state index contributed by atoms with van der Waals surface area (Å²) in [6.07, 6.45) is 1.45. The number of amides is 1. The highest BCUT2D eigenvalue weighted by molar-refractivity contribution is 7.89. The Kier molecular flexibility index (Phi) is 7.60. The van der Waals surface area contributed by atoms with Gasteiger partial charge in [0.1, 0.15) is 0 Å². The fourth-order valence-corrected chi connectivity index (χ4v) is 3.42. The van der Waals surface area contributed by atoms with E-state index in [2.05, 4.69) is 16.6 Å². The van der Waals surface area contributed by atoms with Crippen molar-refractivity contribution in [3.05, 3.63) is 66.2 Å². The minimum absolute atomic E-state index is 0.0853. The van der Waals surface area contributed by atoms with Gasteiger partial charge in [0, 0.05) is 18.7 Å². The van der Waals surface area contributed by atoms with E-state index in [9.17, 15) is 13.2 Å². The number of carbonyl (C=O) groups excluding carboxylic acids is 1. The Bertz CT molecular complexity index is 924. The molecule has 0 unspecified atom stereocenters. The van der Waals surface area contributed by atoms with Crippen LogP contribution in [0, 0.1) is 0 Å². The summed E-state index contributed by atoms with van der Waals surface area (Å²) >= 11 is 0. The predicted octanol–water partition coefficient (Wildman–Crippen LogP) is 2.49. The topological polar surface area (TPSA) is 93.7 Å². The van der Waals surface area contributed by atoms with E-state index in [0.29, 0.717) is 30.2 Å². The first-order valence-electron chi connectivity index (χ1n) is 8.69. The average Bonchev–Trinajstić information content (AvgIpc) is 2.71. The molecule has 0 radical (unpaired) electrons. The van der Waals surface area contributed by atoms with Crippen molar-refractivity contribution in [2.24, 2.45) is 0 Å². The molecule has 2 aromatic rings. The van der Waals surface area contributed by atoms with Crippen LogP contribution in [0.25, 0.3) is 0 Å². The maximum Gasteiger partial charge on any atom is 0.251 e. The molecule has 0 aliphatic carbocycles. The van der Waals surface area contributed by atoms with Crippen LogP contribution >= 0.6 is 0 Å². The number of benzene rings is 2. The van der Waals surface area contributed by atoms with Gasteiger partial charge in [-0.2, -0.15) is 0 Å². The van der Waals surface area contributed by atoms with Crippen LogP contribution in [0.4, 0.5) is 0 Å². The molecular weight excluding hydrogens is 380 g/mol. The van der Waals surface area contributed by atoms with E-state index in [1.807, 2.05) is 13.0 Å². The third-order valence-electron chi connectivity index (χ3n) is 3.83. The summed E-state index contributed by atoms with van der Waals surface area (Å²) in [7, 11) is -2.06. The Morgan fingerprint density at radius 3 is 2.46 bits per heavy atom. The van der Waals surface area contributed by atoms with Gasteiger partial charge in [-0.05, 0) is 48.9 Å². The van der Waals surface area contributed by atoms with Gasteiger partial charge in [0.15, 0.2) is 11.5 Å². The Morgan fingerprint density at radius 1 is 1.14 bits per heavy atom. The lowest BCUT2D eigenvalue weighted by atomic mass is 10.1. The first-order chi connectivity index (χ1) is 13.4. The molecule has 2 N–H and O–H groups in total. The molecule has 0 fully saturated rings. The molecule has 28 heavy (non-hydrogen) atoms. The zero-order valence-corrected chi connectivity index (χ0v) is 16.7. The molecule has 1 amide bonds. The van der Waals surface area contributed by atoms with Crippen LogP contribution in [0.3, 0.4) is 0 Å². The fourth-order valence-electron chi connectivity index (χ4n) is 2.42. The van der Waals surface area contributed by atoms with Crippen molar-refractivity contribution in [3.63, 3.8) is 0 Å². The Morgan fingerprint density at radius 2 is 1.86 bits per heavy atom. The zero-order valence-electron chi connectivity index (χ0n) is 15.9. The van der Waals surface area contributed by atoms with Crippen LogP contribution in [0.2, 0.25) is 0 Å². The third kappa shape index (κ3) is 5.58. The SMILES string of the molecule is C=CCNS(=O)(=O)c1ccc(C(=O)NCc2ccc(OCC)c(OC)c2)cc1. The smallest absolute Gasteiger partial charge is 0.251 e. The van der Waals surface area contributed by atoms with E-state index < -0.39 is 10.0 Å². The molecule has 150 valence electrons. The summed E-state index contributed by atoms with van der Waals surface area (Å²) < 4.78 is 37.2. The van der Waals surface area contributed by atoms with Gasteiger partial charge in [0.2, 0.25) is 10.0 Å². The van der Waals surface area contributed by atoms with Gasteiger partial charge in [-0.15, -0.1) is 6.58 Å². The highest BCUT2D eigenvalue weighted by atomic mass is 32.2. The van der Waals surface area contributed by atoms with Gasteiger partial charge in [-0.3, -0.25) is 4.79 Å². The molecule has 2 aromatic carbocycles. The standard InChI is InChI=1S/C20H24N2O5S/c1-4-12-22-28(24,25)17-9-7-16(8-10-17)20(23)21-14-15-6-11-18(27-5-2)19(13-15)26-3/h4,6-11,13,22H,1,5,12,14H2,2-3H3,(H,21,23). The molecule has 0 aliphatic rings. The number of ether oxygens (including phenoxy) is 2. The second-order valence-corrected chi connectivity index (χ2v) is 7.53. The molecule has 8 heteroatoms. The lowest BCUT2D eigenvalue weighted by Gasteiger charge is -2.12. The van der Waals surface area contributed by atoms with E-state index in [-0.39, 0.29) is 17.3 Å². The molecule has 2 rings (SSSR count). The molecule has 0 bridgehead atoms. The molecule has 0 saturated carbocycles. The maximum atomic E-state index is 12.3. The van der Waals surface area contributed by atoms with E-state index >= 15 is 0 Å². The monoisotopic (exact) mass is 404 g/mol. The predicted molar refractivity (Wildman–Crippen MR) is 107 cm³/mol. The number of rotatable bonds is 10. The van der Waals surface area contributed by atoms with Crippen LogP contribution in [0.1, 0.15) is 22.8 Å². The van der Waals surface area contributed by atoms with Crippen molar-refractivity contribution in [1.29, 1.82) is 0 Å². The zero-order chi connectivity index (χ0) is 20.6. The van der Waals surface area contributed by atoms with Crippen molar-refractivity contribution < 1.29 is 22.7 Å². The number of hydrogen-bond acceptors (Lipinski definition) is 5. The molecule has 0 aromatic heterocycles. The molecule has 7 nitrogen and oxygen atoms in total. The van der Waals surface area contributed by atoms with Gasteiger partial charge >= 0.3 is 0 Å². The highest BCUT2D eigenvalue weighted by Crippen LogP contribution is 2.28. The number of methoxy groups -OCH3 is 1. The van der Waals surface area contributed by atoms with Crippen LogP contribution in [-0.2, 0) is 16.6 Å². The van der Waals surface area contributed by atoms with E-state index in [1.54, 1.807) is 19.2 Å². The van der Waals surface area contributed by atoms with Crippen molar-refractivity contribution >= 4 is 15.9 Å². The highest BCUT2D eigenvalue weighted by Gasteiger charge is 2.14. The van der Waals surface area contributed by atoms with Gasteiger partial charge in [0.05, 0.1) is 18.6 Å². The first-order valence-corrected chi connectivity index (χ1v) is 10.2. The quantitative estimate of drug-likeness (QED) is 0.594. The Hall–Kier alpha value is -2.84. The number of carbonyl (C=O) groups is 1. The summed E-state index contributed by atoms with van der Waals surface area (Å²) in [5.41, 5.74) is 1.21. The fraction of sp³-hybridized carbons (Fsp3) is 0.250. The van der Waals surface area contributed by atoms with E-state index in [0.717, 1.165) is 5.56 Å².